The van der Waals surface area contributed by atoms with E-state index in [2.05, 4.69) is 20.3 Å². The summed E-state index contributed by atoms with van der Waals surface area (Å²) in [4.78, 5) is 12.6. The van der Waals surface area contributed by atoms with Gasteiger partial charge >= 0.3 is 12.0 Å². The Morgan fingerprint density at radius 3 is 1.45 bits per heavy atom. The van der Waals surface area contributed by atoms with Crippen LogP contribution in [0.2, 0.25) is 0 Å². The molecule has 10 nitrogen and oxygen atoms in total. The van der Waals surface area contributed by atoms with Crippen molar-refractivity contribution in [3.8, 4) is 11.6 Å². The molecule has 2 aromatic rings. The predicted octanol–water partition coefficient (Wildman–Crippen LogP) is -0.207. The molecule has 4 heterocycles. The molecule has 0 spiro atoms. The van der Waals surface area contributed by atoms with Gasteiger partial charge in [0, 0.05) is 26.2 Å². The second-order valence-corrected chi connectivity index (χ2v) is 5.00. The zero-order valence-corrected chi connectivity index (χ0v) is 12.0. The van der Waals surface area contributed by atoms with E-state index >= 15 is 0 Å². The number of ether oxygens (including phenoxy) is 2. The van der Waals surface area contributed by atoms with Crippen molar-refractivity contribution in [3.05, 3.63) is 0 Å². The molecule has 0 radical (unpaired) electrons. The van der Waals surface area contributed by atoms with Crippen LogP contribution in [-0.4, -0.2) is 72.9 Å². The highest BCUT2D eigenvalue weighted by Gasteiger charge is 2.23. The molecule has 0 atom stereocenters. The zero-order chi connectivity index (χ0) is 14.8. The fourth-order valence-electron chi connectivity index (χ4n) is 2.38. The summed E-state index contributed by atoms with van der Waals surface area (Å²) in [5, 5.41) is 7.85. The average Bonchev–Trinajstić information content (AvgIpc) is 3.26. The minimum absolute atomic E-state index is 0.324. The van der Waals surface area contributed by atoms with Crippen molar-refractivity contribution in [2.75, 3.05) is 62.4 Å². The van der Waals surface area contributed by atoms with E-state index in [1.165, 1.54) is 0 Å². The third-order valence-electron chi connectivity index (χ3n) is 3.59. The van der Waals surface area contributed by atoms with Gasteiger partial charge in [-0.25, -0.2) is 0 Å². The lowest BCUT2D eigenvalue weighted by molar-refractivity contribution is 0.119. The standard InChI is InChI=1S/C12H16N6O4/c1-5-19-6-2-17(1)11-13-9(15-21-11)10-14-12(22-16-10)18-3-7-20-8-4-18/h1-8H2. The molecule has 2 saturated heterocycles. The lowest BCUT2D eigenvalue weighted by Gasteiger charge is -2.24. The maximum absolute atomic E-state index is 5.30. The SMILES string of the molecule is C1CN(c2nc(-c3noc(N4CCOCC4)n3)no2)CCO1. The average molecular weight is 308 g/mol. The van der Waals surface area contributed by atoms with E-state index in [4.69, 9.17) is 18.5 Å². The number of aromatic nitrogens is 4. The summed E-state index contributed by atoms with van der Waals surface area (Å²) in [6, 6.07) is 0.909. The van der Waals surface area contributed by atoms with E-state index in [9.17, 15) is 0 Å². The van der Waals surface area contributed by atoms with E-state index in [1.807, 2.05) is 9.80 Å². The van der Waals surface area contributed by atoms with E-state index in [-0.39, 0.29) is 0 Å². The fraction of sp³-hybridized carbons (Fsp3) is 0.667. The molecule has 2 fully saturated rings. The molecule has 22 heavy (non-hydrogen) atoms. The van der Waals surface area contributed by atoms with Crippen molar-refractivity contribution in [2.24, 2.45) is 0 Å². The van der Waals surface area contributed by atoms with Crippen LogP contribution in [0.25, 0.3) is 11.6 Å². The minimum atomic E-state index is 0.324. The van der Waals surface area contributed by atoms with Crippen molar-refractivity contribution < 1.29 is 18.5 Å². The Morgan fingerprint density at radius 2 is 1.05 bits per heavy atom. The molecule has 2 aromatic heterocycles. The van der Waals surface area contributed by atoms with Crippen LogP contribution >= 0.6 is 0 Å². The Labute approximate surface area is 126 Å². The van der Waals surface area contributed by atoms with Crippen LogP contribution in [0.5, 0.6) is 0 Å². The Bertz CT molecular complexity index is 562. The molecular formula is C12H16N6O4. The number of anilines is 2. The number of hydrogen-bond acceptors (Lipinski definition) is 10. The van der Waals surface area contributed by atoms with Crippen molar-refractivity contribution in [1.29, 1.82) is 0 Å². The Hall–Kier alpha value is -2.20. The Balaban J connectivity index is 1.50. The molecule has 4 rings (SSSR count). The summed E-state index contributed by atoms with van der Waals surface area (Å²) < 4.78 is 21.1. The quantitative estimate of drug-likeness (QED) is 0.756. The maximum Gasteiger partial charge on any atom is 0.324 e. The van der Waals surface area contributed by atoms with Gasteiger partial charge in [0.05, 0.1) is 26.4 Å². The van der Waals surface area contributed by atoms with Gasteiger partial charge in [0.2, 0.25) is 11.6 Å². The van der Waals surface area contributed by atoms with Gasteiger partial charge < -0.3 is 28.3 Å². The second-order valence-electron chi connectivity index (χ2n) is 5.00. The van der Waals surface area contributed by atoms with Crippen LogP contribution in [0.1, 0.15) is 0 Å². The van der Waals surface area contributed by atoms with Gasteiger partial charge in [-0.3, -0.25) is 0 Å². The molecule has 0 unspecified atom stereocenters. The molecular weight excluding hydrogens is 292 g/mol. The summed E-state index contributed by atoms with van der Waals surface area (Å²) in [7, 11) is 0. The molecule has 0 amide bonds. The number of rotatable bonds is 3. The molecule has 0 aliphatic carbocycles. The number of nitrogens with zero attached hydrogens (tertiary/aromatic N) is 6. The Kier molecular flexibility index (Phi) is 3.60. The van der Waals surface area contributed by atoms with E-state index < -0.39 is 0 Å². The summed E-state index contributed by atoms with van der Waals surface area (Å²) in [5.41, 5.74) is 0. The van der Waals surface area contributed by atoms with Crippen LogP contribution < -0.4 is 9.80 Å². The lowest BCUT2D eigenvalue weighted by Crippen LogP contribution is -2.36. The van der Waals surface area contributed by atoms with Crippen molar-refractivity contribution in [1.82, 2.24) is 20.3 Å². The molecule has 118 valence electrons. The molecule has 2 aliphatic heterocycles. The summed E-state index contributed by atoms with van der Waals surface area (Å²) >= 11 is 0. The van der Waals surface area contributed by atoms with Crippen LogP contribution in [-0.2, 0) is 9.47 Å². The maximum atomic E-state index is 5.30. The lowest BCUT2D eigenvalue weighted by atomic mass is 10.4. The fourth-order valence-corrected chi connectivity index (χ4v) is 2.38. The summed E-state index contributed by atoms with van der Waals surface area (Å²) in [6.07, 6.45) is 0. The Morgan fingerprint density at radius 1 is 0.636 bits per heavy atom. The normalized spacial score (nSPS) is 19.6. The molecule has 2 aliphatic rings. The summed E-state index contributed by atoms with van der Waals surface area (Å²) in [6.45, 7) is 5.53. The number of morpholine rings is 2. The van der Waals surface area contributed by atoms with Crippen molar-refractivity contribution in [2.45, 2.75) is 0 Å². The molecule has 0 N–H and O–H groups in total. The van der Waals surface area contributed by atoms with E-state index in [0.29, 0.717) is 50.1 Å². The third kappa shape index (κ3) is 2.62. The largest absolute Gasteiger partial charge is 0.378 e. The highest BCUT2D eigenvalue weighted by molar-refractivity contribution is 5.46. The van der Waals surface area contributed by atoms with Gasteiger partial charge in [0.15, 0.2) is 0 Å². The summed E-state index contributed by atoms with van der Waals surface area (Å²) in [5.74, 6) is 0.648. The first-order valence-electron chi connectivity index (χ1n) is 7.23. The predicted molar refractivity (Wildman–Crippen MR) is 73.7 cm³/mol. The van der Waals surface area contributed by atoms with Crippen LogP contribution in [0.15, 0.2) is 9.05 Å². The van der Waals surface area contributed by atoms with Gasteiger partial charge in [0.1, 0.15) is 0 Å². The number of hydrogen-bond donors (Lipinski definition) is 0. The van der Waals surface area contributed by atoms with Crippen LogP contribution in [0.4, 0.5) is 12.0 Å². The van der Waals surface area contributed by atoms with E-state index in [1.54, 1.807) is 0 Å². The highest BCUT2D eigenvalue weighted by atomic mass is 16.5. The highest BCUT2D eigenvalue weighted by Crippen LogP contribution is 2.21. The van der Waals surface area contributed by atoms with Gasteiger partial charge in [-0.2, -0.15) is 9.97 Å². The van der Waals surface area contributed by atoms with Crippen LogP contribution in [0, 0.1) is 0 Å². The van der Waals surface area contributed by atoms with Gasteiger partial charge in [0.25, 0.3) is 0 Å². The second kappa shape index (κ2) is 5.89. The van der Waals surface area contributed by atoms with Gasteiger partial charge in [-0.1, -0.05) is 10.3 Å². The van der Waals surface area contributed by atoms with Gasteiger partial charge in [-0.05, 0) is 0 Å². The van der Waals surface area contributed by atoms with Crippen molar-refractivity contribution in [3.63, 3.8) is 0 Å². The van der Waals surface area contributed by atoms with Gasteiger partial charge in [-0.15, -0.1) is 0 Å². The smallest absolute Gasteiger partial charge is 0.324 e. The topological polar surface area (TPSA) is 103 Å². The monoisotopic (exact) mass is 308 g/mol. The first-order chi connectivity index (χ1) is 10.9. The first kappa shape index (κ1) is 13.5. The first-order valence-corrected chi connectivity index (χ1v) is 7.23. The molecule has 0 aromatic carbocycles. The van der Waals surface area contributed by atoms with Crippen LogP contribution in [0.3, 0.4) is 0 Å². The zero-order valence-electron chi connectivity index (χ0n) is 12.0. The molecule has 0 saturated carbocycles. The minimum Gasteiger partial charge on any atom is -0.378 e. The van der Waals surface area contributed by atoms with E-state index in [0.717, 1.165) is 26.2 Å². The molecule has 10 heteroatoms. The third-order valence-corrected chi connectivity index (χ3v) is 3.59. The van der Waals surface area contributed by atoms with Crippen molar-refractivity contribution >= 4 is 12.0 Å². The molecule has 0 bridgehead atoms.